The van der Waals surface area contributed by atoms with Crippen LogP contribution in [-0.2, 0) is 14.8 Å². The highest BCUT2D eigenvalue weighted by Gasteiger charge is 2.14. The Morgan fingerprint density at radius 2 is 1.86 bits per heavy atom. The van der Waals surface area contributed by atoms with Crippen molar-refractivity contribution in [1.82, 2.24) is 0 Å². The molecule has 0 saturated heterocycles. The van der Waals surface area contributed by atoms with Crippen molar-refractivity contribution >= 4 is 19.7 Å². The zero-order valence-corrected chi connectivity index (χ0v) is 8.24. The van der Waals surface area contributed by atoms with Gasteiger partial charge < -0.3 is 5.11 Å². The van der Waals surface area contributed by atoms with Crippen LogP contribution in [0.1, 0.15) is 5.56 Å². The van der Waals surface area contributed by atoms with Gasteiger partial charge in [0.05, 0.1) is 5.75 Å². The van der Waals surface area contributed by atoms with E-state index in [0.29, 0.717) is 12.1 Å². The zero-order valence-electron chi connectivity index (χ0n) is 6.67. The van der Waals surface area contributed by atoms with Gasteiger partial charge in [-0.05, 0) is 6.07 Å². The Balaban J connectivity index is 3.17. The molecular weight excluding hydrogens is 238 g/mol. The second-order valence-electron chi connectivity index (χ2n) is 2.58. The molecule has 0 aliphatic carbocycles. The van der Waals surface area contributed by atoms with E-state index in [0.717, 1.165) is 0 Å². The molecule has 0 fully saturated rings. The molecule has 1 rings (SSSR count). The summed E-state index contributed by atoms with van der Waals surface area (Å²) < 4.78 is 46.6. The first-order valence-electron chi connectivity index (χ1n) is 3.39. The molecule has 0 heterocycles. The third-order valence-electron chi connectivity index (χ3n) is 1.44. The predicted octanol–water partition coefficient (Wildman–Crippen LogP) is 1.74. The van der Waals surface area contributed by atoms with Crippen molar-refractivity contribution in [2.45, 2.75) is 5.75 Å². The van der Waals surface area contributed by atoms with Crippen LogP contribution in [-0.4, -0.2) is 13.5 Å². The van der Waals surface area contributed by atoms with Gasteiger partial charge in [-0.15, -0.1) is 0 Å². The van der Waals surface area contributed by atoms with Crippen LogP contribution in [0.15, 0.2) is 12.1 Å². The van der Waals surface area contributed by atoms with Crippen molar-refractivity contribution in [2.75, 3.05) is 0 Å². The summed E-state index contributed by atoms with van der Waals surface area (Å²) in [6.45, 7) is 0. The Kier molecular flexibility index (Phi) is 2.96. The van der Waals surface area contributed by atoms with E-state index >= 15 is 0 Å². The van der Waals surface area contributed by atoms with Crippen molar-refractivity contribution in [3.63, 3.8) is 0 Å². The van der Waals surface area contributed by atoms with E-state index in [1.165, 1.54) is 0 Å². The molecule has 0 bridgehead atoms. The van der Waals surface area contributed by atoms with Gasteiger partial charge in [-0.1, -0.05) is 0 Å². The van der Waals surface area contributed by atoms with Crippen molar-refractivity contribution in [3.8, 4) is 5.75 Å². The van der Waals surface area contributed by atoms with E-state index < -0.39 is 32.2 Å². The van der Waals surface area contributed by atoms with Crippen LogP contribution in [0.25, 0.3) is 0 Å². The molecule has 78 valence electrons. The van der Waals surface area contributed by atoms with Gasteiger partial charge in [0.25, 0.3) is 0 Å². The number of hydrogen-bond donors (Lipinski definition) is 1. The summed E-state index contributed by atoms with van der Waals surface area (Å²) in [7, 11) is 0.931. The first kappa shape index (κ1) is 11.2. The van der Waals surface area contributed by atoms with Crippen molar-refractivity contribution in [3.05, 3.63) is 29.3 Å². The zero-order chi connectivity index (χ0) is 10.9. The Bertz CT molecular complexity index is 458. The molecule has 0 aliphatic rings. The van der Waals surface area contributed by atoms with E-state index in [1.807, 2.05) is 0 Å². The molecule has 14 heavy (non-hydrogen) atoms. The lowest BCUT2D eigenvalue weighted by molar-refractivity contribution is 0.426. The van der Waals surface area contributed by atoms with Crippen LogP contribution < -0.4 is 0 Å². The summed E-state index contributed by atoms with van der Waals surface area (Å²) in [5.41, 5.74) is -0.376. The Morgan fingerprint density at radius 3 is 2.36 bits per heavy atom. The van der Waals surface area contributed by atoms with Crippen LogP contribution in [0, 0.1) is 11.6 Å². The molecule has 0 saturated carbocycles. The average Bonchev–Trinajstić information content (AvgIpc) is 1.97. The normalized spacial score (nSPS) is 11.6. The minimum absolute atomic E-state index is 0.376. The number of hydrogen-bond acceptors (Lipinski definition) is 3. The number of phenols is 1. The second kappa shape index (κ2) is 3.70. The minimum atomic E-state index is -3.93. The Morgan fingerprint density at radius 1 is 1.29 bits per heavy atom. The van der Waals surface area contributed by atoms with Gasteiger partial charge >= 0.3 is 0 Å². The molecule has 7 heteroatoms. The average molecular weight is 243 g/mol. The molecule has 0 spiro atoms. The molecular formula is C7H5ClF2O3S. The number of halogens is 3. The van der Waals surface area contributed by atoms with Gasteiger partial charge in [-0.2, -0.15) is 0 Å². The van der Waals surface area contributed by atoms with Crippen LogP contribution in [0.2, 0.25) is 0 Å². The van der Waals surface area contributed by atoms with Crippen molar-refractivity contribution in [2.24, 2.45) is 0 Å². The minimum Gasteiger partial charge on any atom is -0.505 e. The lowest BCUT2D eigenvalue weighted by atomic mass is 10.2. The largest absolute Gasteiger partial charge is 0.505 e. The standard InChI is InChI=1S/C7H5ClF2O3S/c8-14(12,13)3-4-1-7(11)6(10)2-5(4)9/h1-2,11H,3H2. The fraction of sp³-hybridized carbons (Fsp3) is 0.143. The summed E-state index contributed by atoms with van der Waals surface area (Å²) in [4.78, 5) is 0. The van der Waals surface area contributed by atoms with Gasteiger partial charge in [0.15, 0.2) is 11.6 Å². The molecule has 0 aromatic heterocycles. The molecule has 0 atom stereocenters. The summed E-state index contributed by atoms with van der Waals surface area (Å²) in [6, 6.07) is 1.08. The SMILES string of the molecule is O=S(=O)(Cl)Cc1cc(O)c(F)cc1F. The van der Waals surface area contributed by atoms with E-state index in [4.69, 9.17) is 15.8 Å². The molecule has 1 aromatic carbocycles. The van der Waals surface area contributed by atoms with E-state index in [-0.39, 0.29) is 5.56 Å². The quantitative estimate of drug-likeness (QED) is 0.804. The monoisotopic (exact) mass is 242 g/mol. The first-order valence-corrected chi connectivity index (χ1v) is 5.86. The maximum Gasteiger partial charge on any atom is 0.236 e. The summed E-state index contributed by atoms with van der Waals surface area (Å²) in [6.07, 6.45) is 0. The Hall–Kier alpha value is -0.880. The van der Waals surface area contributed by atoms with Crippen molar-refractivity contribution in [1.29, 1.82) is 0 Å². The molecule has 0 unspecified atom stereocenters. The molecule has 1 aromatic rings. The highest BCUT2D eigenvalue weighted by Crippen LogP contribution is 2.22. The number of aromatic hydroxyl groups is 1. The van der Waals surface area contributed by atoms with Gasteiger partial charge in [-0.25, -0.2) is 17.2 Å². The van der Waals surface area contributed by atoms with Crippen LogP contribution in [0.3, 0.4) is 0 Å². The van der Waals surface area contributed by atoms with E-state index in [9.17, 15) is 17.2 Å². The Labute approximate surface area is 83.4 Å². The highest BCUT2D eigenvalue weighted by atomic mass is 35.7. The summed E-state index contributed by atoms with van der Waals surface area (Å²) in [5, 5.41) is 8.84. The fourth-order valence-electron chi connectivity index (χ4n) is 0.877. The molecule has 0 aliphatic heterocycles. The van der Waals surface area contributed by atoms with Gasteiger partial charge in [0, 0.05) is 22.3 Å². The van der Waals surface area contributed by atoms with Crippen molar-refractivity contribution < 1.29 is 22.3 Å². The lowest BCUT2D eigenvalue weighted by Gasteiger charge is -2.02. The first-order chi connectivity index (χ1) is 6.29. The van der Waals surface area contributed by atoms with Gasteiger partial charge in [0.2, 0.25) is 9.05 Å². The molecule has 3 nitrogen and oxygen atoms in total. The van der Waals surface area contributed by atoms with E-state index in [2.05, 4.69) is 0 Å². The molecule has 0 amide bonds. The van der Waals surface area contributed by atoms with Gasteiger partial charge in [0.1, 0.15) is 5.82 Å². The maximum absolute atomic E-state index is 12.9. The second-order valence-corrected chi connectivity index (χ2v) is 5.36. The fourth-order valence-corrected chi connectivity index (χ4v) is 1.82. The summed E-state index contributed by atoms with van der Waals surface area (Å²) in [5.74, 6) is -3.83. The van der Waals surface area contributed by atoms with Crippen LogP contribution in [0.4, 0.5) is 8.78 Å². The summed E-state index contributed by atoms with van der Waals surface area (Å²) >= 11 is 0. The third-order valence-corrected chi connectivity index (χ3v) is 2.43. The topological polar surface area (TPSA) is 54.4 Å². The number of benzene rings is 1. The number of phenolic OH excluding ortho intramolecular Hbond substituents is 1. The predicted molar refractivity (Wildman–Crippen MR) is 46.5 cm³/mol. The maximum atomic E-state index is 12.9. The van der Waals surface area contributed by atoms with Crippen LogP contribution in [0.5, 0.6) is 5.75 Å². The van der Waals surface area contributed by atoms with Crippen LogP contribution >= 0.6 is 10.7 Å². The molecule has 1 N–H and O–H groups in total. The number of rotatable bonds is 2. The van der Waals surface area contributed by atoms with E-state index in [1.54, 1.807) is 0 Å². The molecule has 0 radical (unpaired) electrons. The third kappa shape index (κ3) is 2.81. The smallest absolute Gasteiger partial charge is 0.236 e. The lowest BCUT2D eigenvalue weighted by Crippen LogP contribution is -1.99. The van der Waals surface area contributed by atoms with Gasteiger partial charge in [-0.3, -0.25) is 0 Å². The highest BCUT2D eigenvalue weighted by molar-refractivity contribution is 8.13.